The summed E-state index contributed by atoms with van der Waals surface area (Å²) in [7, 11) is 0. The average Bonchev–Trinajstić information content (AvgIpc) is 2.38. The van der Waals surface area contributed by atoms with Gasteiger partial charge >= 0.3 is 0 Å². The van der Waals surface area contributed by atoms with Crippen molar-refractivity contribution in [3.8, 4) is 0 Å². The molecule has 2 rings (SSSR count). The van der Waals surface area contributed by atoms with E-state index in [1.54, 1.807) is 6.07 Å². The van der Waals surface area contributed by atoms with Crippen LogP contribution in [0.4, 0.5) is 5.69 Å². The summed E-state index contributed by atoms with van der Waals surface area (Å²) in [4.78, 5) is 2.24. The van der Waals surface area contributed by atoms with Crippen LogP contribution in [0.2, 0.25) is 5.02 Å². The van der Waals surface area contributed by atoms with Gasteiger partial charge in [-0.2, -0.15) is 11.8 Å². The quantitative estimate of drug-likeness (QED) is 0.374. The second-order valence-electron chi connectivity index (χ2n) is 3.75. The zero-order valence-corrected chi connectivity index (χ0v) is 10.8. The highest BCUT2D eigenvalue weighted by atomic mass is 35.5. The molecule has 1 aliphatic rings. The van der Waals surface area contributed by atoms with E-state index >= 15 is 0 Å². The molecule has 3 N–H and O–H groups in total. The molecule has 0 unspecified atom stereocenters. The summed E-state index contributed by atoms with van der Waals surface area (Å²) >= 11 is 7.88. The summed E-state index contributed by atoms with van der Waals surface area (Å²) in [5, 5.41) is 12.4. The highest BCUT2D eigenvalue weighted by Gasteiger charge is 2.16. The largest absolute Gasteiger partial charge is 0.409 e. The lowest BCUT2D eigenvalue weighted by Gasteiger charge is -2.30. The predicted octanol–water partition coefficient (Wildman–Crippen LogP) is 1.99. The van der Waals surface area contributed by atoms with Crippen molar-refractivity contribution >= 4 is 34.9 Å². The number of hydrogen-bond donors (Lipinski definition) is 2. The van der Waals surface area contributed by atoms with Crippen molar-refractivity contribution < 1.29 is 5.21 Å². The van der Waals surface area contributed by atoms with Gasteiger partial charge in [-0.3, -0.25) is 0 Å². The van der Waals surface area contributed by atoms with Crippen LogP contribution < -0.4 is 10.6 Å². The number of oxime groups is 1. The molecular weight excluding hydrogens is 258 g/mol. The van der Waals surface area contributed by atoms with Crippen molar-refractivity contribution in [2.75, 3.05) is 29.5 Å². The van der Waals surface area contributed by atoms with Gasteiger partial charge in [0, 0.05) is 40.9 Å². The van der Waals surface area contributed by atoms with Crippen molar-refractivity contribution in [1.29, 1.82) is 0 Å². The number of nitrogens with zero attached hydrogens (tertiary/aromatic N) is 2. The average molecular weight is 272 g/mol. The Kier molecular flexibility index (Phi) is 4.02. The van der Waals surface area contributed by atoms with Crippen LogP contribution in [0.25, 0.3) is 0 Å². The van der Waals surface area contributed by atoms with Crippen molar-refractivity contribution in [2.45, 2.75) is 0 Å². The van der Waals surface area contributed by atoms with Crippen LogP contribution >= 0.6 is 23.4 Å². The second-order valence-corrected chi connectivity index (χ2v) is 5.41. The zero-order valence-electron chi connectivity index (χ0n) is 9.27. The third kappa shape index (κ3) is 2.79. The Bertz CT molecular complexity index is 433. The Morgan fingerprint density at radius 3 is 2.76 bits per heavy atom. The molecule has 1 heterocycles. The summed E-state index contributed by atoms with van der Waals surface area (Å²) in [6.45, 7) is 1.94. The first-order valence-corrected chi connectivity index (χ1v) is 6.86. The van der Waals surface area contributed by atoms with E-state index in [1.807, 2.05) is 23.9 Å². The number of halogens is 1. The minimum absolute atomic E-state index is 0.0979. The van der Waals surface area contributed by atoms with Gasteiger partial charge in [-0.1, -0.05) is 16.8 Å². The molecule has 0 bridgehead atoms. The Morgan fingerprint density at radius 1 is 1.41 bits per heavy atom. The molecule has 0 aromatic heterocycles. The summed E-state index contributed by atoms with van der Waals surface area (Å²) in [6, 6.07) is 5.48. The minimum atomic E-state index is 0.0979. The Balaban J connectivity index is 2.37. The fourth-order valence-corrected chi connectivity index (χ4v) is 2.92. The first-order chi connectivity index (χ1) is 8.22. The molecule has 1 aromatic carbocycles. The van der Waals surface area contributed by atoms with E-state index in [0.717, 1.165) is 30.3 Å². The van der Waals surface area contributed by atoms with E-state index in [4.69, 9.17) is 22.5 Å². The third-order valence-electron chi connectivity index (χ3n) is 2.69. The SMILES string of the molecule is NC(=NO)c1cc(Cl)ccc1N1CCSCC1. The van der Waals surface area contributed by atoms with Crippen LogP contribution in [-0.2, 0) is 0 Å². The van der Waals surface area contributed by atoms with Gasteiger partial charge in [-0.05, 0) is 18.2 Å². The molecule has 0 spiro atoms. The molecule has 1 aliphatic heterocycles. The zero-order chi connectivity index (χ0) is 12.3. The molecule has 0 saturated carbocycles. The number of benzene rings is 1. The van der Waals surface area contributed by atoms with Crippen LogP contribution in [0.5, 0.6) is 0 Å². The molecule has 0 amide bonds. The molecule has 0 atom stereocenters. The Hall–Kier alpha value is -1.07. The second kappa shape index (κ2) is 5.51. The van der Waals surface area contributed by atoms with E-state index < -0.39 is 0 Å². The molecule has 0 radical (unpaired) electrons. The molecular formula is C11H14ClN3OS. The van der Waals surface area contributed by atoms with Crippen LogP contribution in [0.1, 0.15) is 5.56 Å². The highest BCUT2D eigenvalue weighted by molar-refractivity contribution is 7.99. The maximum Gasteiger partial charge on any atom is 0.172 e. The molecule has 17 heavy (non-hydrogen) atoms. The lowest BCUT2D eigenvalue weighted by molar-refractivity contribution is 0.318. The van der Waals surface area contributed by atoms with Crippen LogP contribution in [0.15, 0.2) is 23.4 Å². The number of rotatable bonds is 2. The van der Waals surface area contributed by atoms with Crippen molar-refractivity contribution in [1.82, 2.24) is 0 Å². The minimum Gasteiger partial charge on any atom is -0.409 e. The monoisotopic (exact) mass is 271 g/mol. The van der Waals surface area contributed by atoms with Crippen molar-refractivity contribution in [2.24, 2.45) is 10.9 Å². The Labute approximate surface area is 109 Å². The first-order valence-electron chi connectivity index (χ1n) is 5.32. The van der Waals surface area contributed by atoms with Gasteiger partial charge in [0.25, 0.3) is 0 Å². The first kappa shape index (κ1) is 12.4. The summed E-state index contributed by atoms with van der Waals surface area (Å²) in [5.74, 6) is 2.29. The number of anilines is 1. The van der Waals surface area contributed by atoms with Gasteiger partial charge < -0.3 is 15.8 Å². The fraction of sp³-hybridized carbons (Fsp3) is 0.364. The number of amidine groups is 1. The van der Waals surface area contributed by atoms with Gasteiger partial charge in [-0.15, -0.1) is 0 Å². The van der Waals surface area contributed by atoms with E-state index in [9.17, 15) is 0 Å². The van der Waals surface area contributed by atoms with Gasteiger partial charge in [0.05, 0.1) is 0 Å². The highest BCUT2D eigenvalue weighted by Crippen LogP contribution is 2.26. The summed E-state index contributed by atoms with van der Waals surface area (Å²) in [5.41, 5.74) is 7.34. The van der Waals surface area contributed by atoms with Crippen LogP contribution in [-0.4, -0.2) is 35.6 Å². The topological polar surface area (TPSA) is 61.9 Å². The molecule has 4 nitrogen and oxygen atoms in total. The molecule has 6 heteroatoms. The Morgan fingerprint density at radius 2 is 2.12 bits per heavy atom. The summed E-state index contributed by atoms with van der Waals surface area (Å²) < 4.78 is 0. The van der Waals surface area contributed by atoms with Crippen LogP contribution in [0, 0.1) is 0 Å². The van der Waals surface area contributed by atoms with Gasteiger partial charge in [-0.25, -0.2) is 0 Å². The number of thioether (sulfide) groups is 1. The summed E-state index contributed by atoms with van der Waals surface area (Å²) in [6.07, 6.45) is 0. The van der Waals surface area contributed by atoms with Crippen molar-refractivity contribution in [3.05, 3.63) is 28.8 Å². The molecule has 1 saturated heterocycles. The number of nitrogens with two attached hydrogens (primary N) is 1. The van der Waals surface area contributed by atoms with E-state index in [2.05, 4.69) is 10.1 Å². The smallest absolute Gasteiger partial charge is 0.172 e. The maximum atomic E-state index is 8.80. The lowest BCUT2D eigenvalue weighted by atomic mass is 10.1. The van der Waals surface area contributed by atoms with Crippen molar-refractivity contribution in [3.63, 3.8) is 0 Å². The molecule has 0 aliphatic carbocycles. The van der Waals surface area contributed by atoms with Gasteiger partial charge in [0.1, 0.15) is 0 Å². The van der Waals surface area contributed by atoms with E-state index in [1.165, 1.54) is 0 Å². The van der Waals surface area contributed by atoms with E-state index in [0.29, 0.717) is 10.6 Å². The molecule has 1 fully saturated rings. The number of hydrogen-bond acceptors (Lipinski definition) is 4. The van der Waals surface area contributed by atoms with Gasteiger partial charge in [0.2, 0.25) is 0 Å². The molecule has 92 valence electrons. The maximum absolute atomic E-state index is 8.80. The van der Waals surface area contributed by atoms with E-state index in [-0.39, 0.29) is 5.84 Å². The lowest BCUT2D eigenvalue weighted by Crippen LogP contribution is -2.34. The fourth-order valence-electron chi connectivity index (χ4n) is 1.85. The predicted molar refractivity (Wildman–Crippen MR) is 73.5 cm³/mol. The normalized spacial score (nSPS) is 17.2. The molecule has 1 aromatic rings. The standard InChI is InChI=1S/C11H14ClN3OS/c12-8-1-2-10(9(7-8)11(13)14-16)15-3-5-17-6-4-15/h1-2,7,16H,3-6H2,(H2,13,14). The third-order valence-corrected chi connectivity index (χ3v) is 3.87. The van der Waals surface area contributed by atoms with Crippen LogP contribution in [0.3, 0.4) is 0 Å². The van der Waals surface area contributed by atoms with Gasteiger partial charge in [0.15, 0.2) is 5.84 Å².